The van der Waals surface area contributed by atoms with Crippen LogP contribution < -0.4 is 5.32 Å². The average Bonchev–Trinajstić information content (AvgIpc) is 2.85. The molecule has 2 aliphatic rings. The Morgan fingerprint density at radius 2 is 2.28 bits per heavy atom. The van der Waals surface area contributed by atoms with Gasteiger partial charge < -0.3 is 15.3 Å². The van der Waals surface area contributed by atoms with E-state index in [0.29, 0.717) is 19.1 Å². The summed E-state index contributed by atoms with van der Waals surface area (Å²) in [5.41, 5.74) is 0. The van der Waals surface area contributed by atoms with Crippen molar-refractivity contribution in [1.29, 1.82) is 0 Å². The Morgan fingerprint density at radius 1 is 1.44 bits per heavy atom. The van der Waals surface area contributed by atoms with E-state index in [4.69, 9.17) is 0 Å². The van der Waals surface area contributed by atoms with Gasteiger partial charge in [-0.2, -0.15) is 0 Å². The largest absolute Gasteiger partial charge is 0.465 e. The van der Waals surface area contributed by atoms with Gasteiger partial charge in [-0.1, -0.05) is 5.21 Å². The maximum absolute atomic E-state index is 11.2. The first-order valence-corrected chi connectivity index (χ1v) is 6.32. The third-order valence-corrected chi connectivity index (χ3v) is 3.58. The first-order chi connectivity index (χ1) is 8.72. The number of rotatable bonds is 4. The van der Waals surface area contributed by atoms with E-state index in [0.717, 1.165) is 6.42 Å². The number of aromatic nitrogens is 3. The lowest BCUT2D eigenvalue weighted by Gasteiger charge is -2.20. The molecule has 2 N–H and O–H groups in total. The molecule has 1 amide bonds. The molecule has 0 unspecified atom stereocenters. The fourth-order valence-corrected chi connectivity index (χ4v) is 2.57. The van der Waals surface area contributed by atoms with E-state index in [2.05, 4.69) is 15.6 Å². The van der Waals surface area contributed by atoms with Crippen LogP contribution >= 0.6 is 0 Å². The van der Waals surface area contributed by atoms with Crippen LogP contribution in [-0.2, 0) is 6.54 Å². The molecule has 0 spiro atoms. The van der Waals surface area contributed by atoms with Crippen LogP contribution in [-0.4, -0.2) is 55.8 Å². The lowest BCUT2D eigenvalue weighted by Crippen LogP contribution is -2.38. The summed E-state index contributed by atoms with van der Waals surface area (Å²) < 4.78 is 1.69. The van der Waals surface area contributed by atoms with Crippen molar-refractivity contribution in [2.75, 3.05) is 6.54 Å². The molecule has 98 valence electrons. The van der Waals surface area contributed by atoms with Crippen LogP contribution in [0.1, 0.15) is 19.3 Å². The van der Waals surface area contributed by atoms with Crippen molar-refractivity contribution in [1.82, 2.24) is 25.2 Å². The van der Waals surface area contributed by atoms with Gasteiger partial charge in [-0.15, -0.1) is 5.10 Å². The number of likely N-dealkylation sites (tertiary alicyclic amines) is 1. The molecule has 2 atom stereocenters. The highest BCUT2D eigenvalue weighted by molar-refractivity contribution is 5.66. The number of hydrogen-bond donors (Lipinski definition) is 2. The first kappa shape index (κ1) is 11.5. The van der Waals surface area contributed by atoms with Gasteiger partial charge in [0.05, 0.1) is 18.8 Å². The quantitative estimate of drug-likeness (QED) is 0.796. The molecule has 0 radical (unpaired) electrons. The summed E-state index contributed by atoms with van der Waals surface area (Å²) >= 11 is 0. The SMILES string of the molecule is O=C(O)N1C[C@H](NC2CC2)C[C@H]1Cn1ccnn1. The summed E-state index contributed by atoms with van der Waals surface area (Å²) in [5, 5.41) is 20.4. The standard InChI is InChI=1S/C11H17N5O2/c17-11(18)16-6-9(13-8-1-2-8)5-10(16)7-15-4-3-12-14-15/h3-4,8-10,13H,1-2,5-7H2,(H,17,18)/t9-,10+/m1/s1. The Balaban J connectivity index is 1.64. The molecule has 1 saturated carbocycles. The van der Waals surface area contributed by atoms with E-state index >= 15 is 0 Å². The predicted octanol–water partition coefficient (Wildman–Crippen LogP) is 0.151. The molecule has 1 aromatic heterocycles. The second-order valence-corrected chi connectivity index (χ2v) is 5.09. The highest BCUT2D eigenvalue weighted by Gasteiger charge is 2.37. The number of amides is 1. The van der Waals surface area contributed by atoms with Crippen molar-refractivity contribution in [3.8, 4) is 0 Å². The Morgan fingerprint density at radius 3 is 2.89 bits per heavy atom. The summed E-state index contributed by atoms with van der Waals surface area (Å²) in [7, 11) is 0. The highest BCUT2D eigenvalue weighted by atomic mass is 16.4. The summed E-state index contributed by atoms with van der Waals surface area (Å²) in [6.45, 7) is 1.15. The van der Waals surface area contributed by atoms with Gasteiger partial charge in [0.25, 0.3) is 0 Å². The molecular formula is C11H17N5O2. The van der Waals surface area contributed by atoms with Crippen molar-refractivity contribution in [3.63, 3.8) is 0 Å². The van der Waals surface area contributed by atoms with Crippen LogP contribution in [0.4, 0.5) is 4.79 Å². The zero-order valence-corrected chi connectivity index (χ0v) is 10.1. The summed E-state index contributed by atoms with van der Waals surface area (Å²) in [4.78, 5) is 12.8. The zero-order valence-electron chi connectivity index (χ0n) is 10.1. The Hall–Kier alpha value is -1.63. The summed E-state index contributed by atoms with van der Waals surface area (Å²) in [5.74, 6) is 0. The maximum Gasteiger partial charge on any atom is 0.407 e. The second kappa shape index (κ2) is 4.56. The Kier molecular flexibility index (Phi) is 2.91. The van der Waals surface area contributed by atoms with Gasteiger partial charge in [0.1, 0.15) is 0 Å². The van der Waals surface area contributed by atoms with Gasteiger partial charge in [-0.25, -0.2) is 4.79 Å². The smallest absolute Gasteiger partial charge is 0.407 e. The van der Waals surface area contributed by atoms with Crippen molar-refractivity contribution in [2.24, 2.45) is 0 Å². The van der Waals surface area contributed by atoms with Crippen molar-refractivity contribution >= 4 is 6.09 Å². The average molecular weight is 251 g/mol. The van der Waals surface area contributed by atoms with Gasteiger partial charge in [0.2, 0.25) is 0 Å². The molecule has 3 rings (SSSR count). The van der Waals surface area contributed by atoms with Crippen LogP contribution in [0.5, 0.6) is 0 Å². The maximum atomic E-state index is 11.2. The fourth-order valence-electron chi connectivity index (χ4n) is 2.57. The molecule has 2 fully saturated rings. The molecule has 7 heteroatoms. The summed E-state index contributed by atoms with van der Waals surface area (Å²) in [6.07, 6.45) is 5.82. The second-order valence-electron chi connectivity index (χ2n) is 5.09. The lowest BCUT2D eigenvalue weighted by atomic mass is 10.1. The van der Waals surface area contributed by atoms with Crippen LogP contribution in [0.15, 0.2) is 12.4 Å². The molecule has 1 aliphatic carbocycles. The van der Waals surface area contributed by atoms with Crippen molar-refractivity contribution < 1.29 is 9.90 Å². The van der Waals surface area contributed by atoms with E-state index in [1.165, 1.54) is 17.7 Å². The number of hydrogen-bond acceptors (Lipinski definition) is 4. The molecule has 1 aliphatic heterocycles. The molecule has 0 bridgehead atoms. The Labute approximate surface area is 105 Å². The molecule has 2 heterocycles. The van der Waals surface area contributed by atoms with Gasteiger partial charge >= 0.3 is 6.09 Å². The minimum absolute atomic E-state index is 0.0135. The molecule has 1 saturated heterocycles. The van der Waals surface area contributed by atoms with Crippen LogP contribution in [0.3, 0.4) is 0 Å². The van der Waals surface area contributed by atoms with E-state index in [9.17, 15) is 9.90 Å². The van der Waals surface area contributed by atoms with Crippen molar-refractivity contribution in [3.05, 3.63) is 12.4 Å². The number of nitrogens with one attached hydrogen (secondary N) is 1. The molecule has 0 aromatic carbocycles. The van der Waals surface area contributed by atoms with Crippen LogP contribution in [0.25, 0.3) is 0 Å². The van der Waals surface area contributed by atoms with Gasteiger partial charge in [0, 0.05) is 24.8 Å². The molecule has 7 nitrogen and oxygen atoms in total. The van der Waals surface area contributed by atoms with Crippen LogP contribution in [0, 0.1) is 0 Å². The van der Waals surface area contributed by atoms with E-state index < -0.39 is 6.09 Å². The van der Waals surface area contributed by atoms with E-state index in [-0.39, 0.29) is 12.1 Å². The predicted molar refractivity (Wildman–Crippen MR) is 63.1 cm³/mol. The molecular weight excluding hydrogens is 234 g/mol. The first-order valence-electron chi connectivity index (χ1n) is 6.32. The molecule has 1 aromatic rings. The monoisotopic (exact) mass is 251 g/mol. The van der Waals surface area contributed by atoms with E-state index in [1.807, 2.05) is 0 Å². The number of nitrogens with zero attached hydrogens (tertiary/aromatic N) is 4. The molecule has 18 heavy (non-hydrogen) atoms. The fraction of sp³-hybridized carbons (Fsp3) is 0.727. The van der Waals surface area contributed by atoms with E-state index in [1.54, 1.807) is 17.1 Å². The number of carbonyl (C=O) groups is 1. The normalized spacial score (nSPS) is 27.7. The van der Waals surface area contributed by atoms with Gasteiger partial charge in [0.15, 0.2) is 0 Å². The third-order valence-electron chi connectivity index (χ3n) is 3.58. The van der Waals surface area contributed by atoms with Crippen molar-refractivity contribution in [2.45, 2.75) is 43.9 Å². The topological polar surface area (TPSA) is 83.3 Å². The Bertz CT molecular complexity index is 417. The minimum atomic E-state index is -0.847. The zero-order chi connectivity index (χ0) is 12.5. The lowest BCUT2D eigenvalue weighted by molar-refractivity contribution is 0.134. The summed E-state index contributed by atoms with van der Waals surface area (Å²) in [6, 6.07) is 0.873. The highest BCUT2D eigenvalue weighted by Crippen LogP contribution is 2.25. The van der Waals surface area contributed by atoms with Gasteiger partial charge in [-0.05, 0) is 19.3 Å². The third kappa shape index (κ3) is 2.45. The minimum Gasteiger partial charge on any atom is -0.465 e. The number of carboxylic acid groups (broad SMARTS) is 1. The van der Waals surface area contributed by atoms with Gasteiger partial charge in [-0.3, -0.25) is 4.68 Å². The van der Waals surface area contributed by atoms with Crippen LogP contribution in [0.2, 0.25) is 0 Å².